The lowest BCUT2D eigenvalue weighted by atomic mass is 10.0. The van der Waals surface area contributed by atoms with Gasteiger partial charge in [0.15, 0.2) is 0 Å². The van der Waals surface area contributed by atoms with Crippen molar-refractivity contribution in [3.8, 4) is 0 Å². The molecule has 1 saturated heterocycles. The number of unbranched alkanes of at least 4 members (excludes halogenated alkanes) is 19. The number of carbonyl (C=O) groups excluding carboxylic acids is 2. The summed E-state index contributed by atoms with van der Waals surface area (Å²) < 4.78 is 0. The molecule has 0 atom stereocenters. The molecule has 178 valence electrons. The van der Waals surface area contributed by atoms with Crippen LogP contribution in [0.5, 0.6) is 0 Å². The minimum absolute atomic E-state index is 0.200. The van der Waals surface area contributed by atoms with Crippen molar-refractivity contribution in [2.24, 2.45) is 0 Å². The van der Waals surface area contributed by atoms with Crippen molar-refractivity contribution in [3.05, 3.63) is 0 Å². The summed E-state index contributed by atoms with van der Waals surface area (Å²) in [6.45, 7) is 5.06. The van der Waals surface area contributed by atoms with E-state index in [-0.39, 0.29) is 11.9 Å². The van der Waals surface area contributed by atoms with Crippen LogP contribution in [0.25, 0.3) is 0 Å². The normalized spacial score (nSPS) is 13.4. The van der Waals surface area contributed by atoms with Crippen LogP contribution in [-0.4, -0.2) is 18.5 Å². The molecule has 2 N–H and O–H groups in total. The van der Waals surface area contributed by atoms with E-state index < -0.39 is 0 Å². The Morgan fingerprint density at radius 1 is 0.533 bits per heavy atom. The molecule has 0 saturated carbocycles. The Kier molecular flexibility index (Phi) is 23.4. The average molecular weight is 425 g/mol. The highest BCUT2D eigenvalue weighted by Crippen LogP contribution is 2.14. The van der Waals surface area contributed by atoms with Crippen molar-refractivity contribution in [2.75, 3.05) is 6.54 Å². The van der Waals surface area contributed by atoms with E-state index in [9.17, 15) is 9.59 Å². The topological polar surface area (TPSA) is 58.2 Å². The molecule has 0 spiro atoms. The van der Waals surface area contributed by atoms with Gasteiger partial charge in [-0.2, -0.15) is 0 Å². The summed E-state index contributed by atoms with van der Waals surface area (Å²) in [6.07, 6.45) is 29.8. The molecule has 30 heavy (non-hydrogen) atoms. The van der Waals surface area contributed by atoms with E-state index in [4.69, 9.17) is 0 Å². The average Bonchev–Trinajstić information content (AvgIpc) is 2.73. The zero-order valence-corrected chi connectivity index (χ0v) is 20.4. The predicted molar refractivity (Wildman–Crippen MR) is 130 cm³/mol. The fourth-order valence-corrected chi connectivity index (χ4v) is 3.85. The molecular formula is C26H52N2O2. The summed E-state index contributed by atoms with van der Waals surface area (Å²) in [4.78, 5) is 20.5. The molecular weight excluding hydrogens is 372 g/mol. The number of amides is 3. The first-order chi connectivity index (χ1) is 14.7. The van der Waals surface area contributed by atoms with Gasteiger partial charge in [0.2, 0.25) is 5.91 Å². The van der Waals surface area contributed by atoms with Crippen molar-refractivity contribution >= 4 is 11.9 Å². The van der Waals surface area contributed by atoms with Crippen molar-refractivity contribution < 1.29 is 9.59 Å². The summed E-state index contributed by atoms with van der Waals surface area (Å²) in [5.74, 6) is -0.200. The van der Waals surface area contributed by atoms with Gasteiger partial charge in [-0.3, -0.25) is 10.1 Å². The van der Waals surface area contributed by atoms with Crippen LogP contribution in [0.2, 0.25) is 0 Å². The fraction of sp³-hybridized carbons (Fsp3) is 0.923. The smallest absolute Gasteiger partial charge is 0.321 e. The van der Waals surface area contributed by atoms with Crippen LogP contribution >= 0.6 is 0 Å². The van der Waals surface area contributed by atoms with E-state index in [1.165, 1.54) is 128 Å². The van der Waals surface area contributed by atoms with Crippen LogP contribution in [0.15, 0.2) is 0 Å². The second-order valence-corrected chi connectivity index (χ2v) is 8.92. The molecule has 0 aromatic heterocycles. The highest BCUT2D eigenvalue weighted by atomic mass is 16.2. The summed E-state index contributed by atoms with van der Waals surface area (Å²) in [7, 11) is 0. The van der Waals surface area contributed by atoms with Crippen molar-refractivity contribution in [1.29, 1.82) is 0 Å². The van der Waals surface area contributed by atoms with E-state index in [1.54, 1.807) is 0 Å². The van der Waals surface area contributed by atoms with Crippen molar-refractivity contribution in [3.63, 3.8) is 0 Å². The largest absolute Gasteiger partial charge is 0.337 e. The van der Waals surface area contributed by atoms with Crippen LogP contribution < -0.4 is 10.6 Å². The second kappa shape index (κ2) is 24.2. The molecule has 0 aliphatic carbocycles. The van der Waals surface area contributed by atoms with Crippen LogP contribution in [0, 0.1) is 0 Å². The Morgan fingerprint density at radius 2 is 0.833 bits per heavy atom. The highest BCUT2D eigenvalue weighted by Gasteiger charge is 2.11. The maximum absolute atomic E-state index is 10.3. The molecule has 1 aliphatic heterocycles. The molecule has 3 amide bonds. The fourth-order valence-electron chi connectivity index (χ4n) is 3.85. The summed E-state index contributed by atoms with van der Waals surface area (Å²) in [5.41, 5.74) is 0. The van der Waals surface area contributed by atoms with Gasteiger partial charge >= 0.3 is 6.03 Å². The van der Waals surface area contributed by atoms with Gasteiger partial charge in [-0.25, -0.2) is 4.79 Å². The zero-order chi connectivity index (χ0) is 22.1. The zero-order valence-electron chi connectivity index (χ0n) is 20.4. The first kappa shape index (κ1) is 28.9. The van der Waals surface area contributed by atoms with Crippen LogP contribution in [0.1, 0.15) is 149 Å². The number of carbonyl (C=O) groups is 2. The number of imide groups is 1. The van der Waals surface area contributed by atoms with E-state index in [2.05, 4.69) is 24.5 Å². The number of urea groups is 1. The monoisotopic (exact) mass is 424 g/mol. The van der Waals surface area contributed by atoms with E-state index >= 15 is 0 Å². The molecule has 0 aromatic carbocycles. The van der Waals surface area contributed by atoms with Gasteiger partial charge in [0.1, 0.15) is 0 Å². The first-order valence-corrected chi connectivity index (χ1v) is 13.3. The van der Waals surface area contributed by atoms with Gasteiger partial charge in [0.25, 0.3) is 0 Å². The molecule has 1 heterocycles. The Balaban J connectivity index is 0.000000867. The van der Waals surface area contributed by atoms with Gasteiger partial charge in [0.05, 0.1) is 0 Å². The maximum atomic E-state index is 10.3. The minimum atomic E-state index is -0.388. The third-order valence-electron chi connectivity index (χ3n) is 5.85. The molecule has 1 fully saturated rings. The Bertz CT molecular complexity index is 351. The molecule has 1 rings (SSSR count). The molecule has 1 aliphatic rings. The van der Waals surface area contributed by atoms with Crippen molar-refractivity contribution in [1.82, 2.24) is 10.6 Å². The summed E-state index contributed by atoms with van der Waals surface area (Å²) >= 11 is 0. The number of nitrogens with one attached hydrogen (secondary N) is 2. The lowest BCUT2D eigenvalue weighted by Crippen LogP contribution is -2.46. The summed E-state index contributed by atoms with van der Waals surface area (Å²) in [6, 6.07) is -0.388. The van der Waals surface area contributed by atoms with E-state index in [0.717, 1.165) is 0 Å². The lowest BCUT2D eigenvalue weighted by molar-refractivity contribution is -0.120. The van der Waals surface area contributed by atoms with Crippen LogP contribution in [-0.2, 0) is 4.79 Å². The maximum Gasteiger partial charge on any atom is 0.321 e. The lowest BCUT2D eigenvalue weighted by Gasteiger charge is -2.10. The Morgan fingerprint density at radius 3 is 1.03 bits per heavy atom. The molecule has 0 bridgehead atoms. The molecule has 0 unspecified atom stereocenters. The predicted octanol–water partition coefficient (Wildman–Crippen LogP) is 8.04. The standard InChI is InChI=1S/C22H46.C4H6N2O2/c1-3-5-7-9-11-13-15-17-19-21-22-20-18-16-14-12-10-8-6-4-2;7-3-1-2-5-4(8)6-3/h3-22H2,1-2H3;1-2H2,(H2,5,6,7,8). The first-order valence-electron chi connectivity index (χ1n) is 13.3. The molecule has 4 heteroatoms. The third-order valence-corrected chi connectivity index (χ3v) is 5.85. The number of hydrogen-bond donors (Lipinski definition) is 2. The van der Waals surface area contributed by atoms with Gasteiger partial charge in [0, 0.05) is 13.0 Å². The third kappa shape index (κ3) is 23.2. The Hall–Kier alpha value is -1.06. The van der Waals surface area contributed by atoms with Gasteiger partial charge < -0.3 is 5.32 Å². The van der Waals surface area contributed by atoms with Crippen molar-refractivity contribution in [2.45, 2.75) is 149 Å². The van der Waals surface area contributed by atoms with E-state index in [1.807, 2.05) is 0 Å². The van der Waals surface area contributed by atoms with Crippen LogP contribution in [0.3, 0.4) is 0 Å². The molecule has 4 nitrogen and oxygen atoms in total. The van der Waals surface area contributed by atoms with Gasteiger partial charge in [-0.15, -0.1) is 0 Å². The summed E-state index contributed by atoms with van der Waals surface area (Å²) in [5, 5.41) is 4.53. The molecule has 0 aromatic rings. The van der Waals surface area contributed by atoms with Gasteiger partial charge in [-0.1, -0.05) is 142 Å². The quantitative estimate of drug-likeness (QED) is 0.206. The molecule has 0 radical (unpaired) electrons. The van der Waals surface area contributed by atoms with E-state index in [0.29, 0.717) is 13.0 Å². The highest BCUT2D eigenvalue weighted by molar-refractivity contribution is 5.96. The minimum Gasteiger partial charge on any atom is -0.337 e. The SMILES string of the molecule is CCCCCCCCCCCCCCCCCCCCCC.O=C1CCNC(=O)N1. The Labute approximate surface area is 187 Å². The second-order valence-electron chi connectivity index (χ2n) is 8.92. The number of hydrogen-bond acceptors (Lipinski definition) is 2. The number of rotatable bonds is 19. The van der Waals surface area contributed by atoms with Gasteiger partial charge in [-0.05, 0) is 0 Å². The van der Waals surface area contributed by atoms with Crippen LogP contribution in [0.4, 0.5) is 4.79 Å².